The summed E-state index contributed by atoms with van der Waals surface area (Å²) in [5.74, 6) is -0.287. The molecule has 4 aromatic rings. The highest BCUT2D eigenvalue weighted by atomic mass is 35.5. The number of amides is 1. The Hall–Kier alpha value is -3.33. The van der Waals surface area contributed by atoms with E-state index in [9.17, 15) is 14.3 Å². The molecule has 7 nitrogen and oxygen atoms in total. The highest BCUT2D eigenvalue weighted by Crippen LogP contribution is 2.40. The van der Waals surface area contributed by atoms with E-state index in [1.54, 1.807) is 24.5 Å². The first-order chi connectivity index (χ1) is 17.0. The SMILES string of the molecule is O=C(N[C@@H]1c2c(Cl)cccc2C[C@H]1N1C[C@@H](O)[C@H](F)C1)c1ccc(-c2ccnc3[nH]ccc23)nc1. The number of carbonyl (C=O) groups excluding carboxylic acids is 1. The Labute approximate surface area is 206 Å². The number of H-pyrrole nitrogens is 1. The number of benzene rings is 1. The van der Waals surface area contributed by atoms with E-state index < -0.39 is 18.3 Å². The van der Waals surface area contributed by atoms with Crippen molar-refractivity contribution in [3.05, 3.63) is 82.8 Å². The molecular weight excluding hydrogens is 469 g/mol. The molecule has 3 aromatic heterocycles. The first-order valence-corrected chi connectivity index (χ1v) is 11.9. The molecule has 1 saturated heterocycles. The number of aromatic nitrogens is 3. The van der Waals surface area contributed by atoms with Crippen LogP contribution in [0.4, 0.5) is 4.39 Å². The second-order valence-electron chi connectivity index (χ2n) is 9.10. The average Bonchev–Trinajstić information content (AvgIpc) is 3.57. The standard InChI is InChI=1S/C26H23ClFN5O2/c27-18-3-1-2-14-10-21(33-12-19(28)22(34)13-33)24(23(14)18)32-26(35)15-4-5-20(31-11-15)16-6-8-29-25-17(16)7-9-30-25/h1-9,11,19,21-22,24,34H,10,12-13H2,(H,29,30)(H,32,35)/t19-,21-,22-,24+/m1/s1. The number of aromatic amines is 1. The van der Waals surface area contributed by atoms with Crippen LogP contribution in [0.2, 0.25) is 5.02 Å². The maximum absolute atomic E-state index is 14.1. The lowest BCUT2D eigenvalue weighted by Crippen LogP contribution is -2.44. The van der Waals surface area contributed by atoms with Crippen LogP contribution >= 0.6 is 11.6 Å². The lowest BCUT2D eigenvalue weighted by atomic mass is 10.0. The summed E-state index contributed by atoms with van der Waals surface area (Å²) >= 11 is 6.54. The molecule has 0 unspecified atom stereocenters. The highest BCUT2D eigenvalue weighted by molar-refractivity contribution is 6.31. The zero-order valence-electron chi connectivity index (χ0n) is 18.7. The molecule has 4 heterocycles. The van der Waals surface area contributed by atoms with E-state index >= 15 is 0 Å². The van der Waals surface area contributed by atoms with Gasteiger partial charge in [0.15, 0.2) is 0 Å². The Morgan fingerprint density at radius 2 is 2.06 bits per heavy atom. The van der Waals surface area contributed by atoms with Crippen LogP contribution in [-0.4, -0.2) is 62.3 Å². The Balaban J connectivity index is 1.27. The first-order valence-electron chi connectivity index (χ1n) is 11.5. The molecule has 6 rings (SSSR count). The van der Waals surface area contributed by atoms with Gasteiger partial charge in [-0.3, -0.25) is 14.7 Å². The quantitative estimate of drug-likeness (QED) is 0.405. The minimum Gasteiger partial charge on any atom is -0.389 e. The van der Waals surface area contributed by atoms with E-state index in [1.165, 1.54) is 0 Å². The number of pyridine rings is 2. The van der Waals surface area contributed by atoms with E-state index in [0.29, 0.717) is 17.0 Å². The number of hydrogen-bond acceptors (Lipinski definition) is 5. The largest absolute Gasteiger partial charge is 0.389 e. The minimum absolute atomic E-state index is 0.125. The Bertz CT molecular complexity index is 1400. The van der Waals surface area contributed by atoms with Crippen molar-refractivity contribution in [3.8, 4) is 11.3 Å². The number of aliphatic hydroxyl groups excluding tert-OH is 1. The minimum atomic E-state index is -1.30. The van der Waals surface area contributed by atoms with E-state index in [4.69, 9.17) is 11.6 Å². The number of rotatable bonds is 4. The smallest absolute Gasteiger partial charge is 0.253 e. The number of β-amino-alcohol motifs (C(OH)–C–C–N with tert-alkyl or cyclic N) is 1. The van der Waals surface area contributed by atoms with Gasteiger partial charge < -0.3 is 15.4 Å². The molecule has 4 atom stereocenters. The summed E-state index contributed by atoms with van der Waals surface area (Å²) in [6, 6.07) is 12.4. The summed E-state index contributed by atoms with van der Waals surface area (Å²) in [5, 5.41) is 14.6. The number of alkyl halides is 1. The summed E-state index contributed by atoms with van der Waals surface area (Å²) in [6.07, 6.45) is 3.39. The van der Waals surface area contributed by atoms with Crippen molar-refractivity contribution >= 4 is 28.5 Å². The number of hydrogen-bond donors (Lipinski definition) is 3. The molecule has 0 bridgehead atoms. The van der Waals surface area contributed by atoms with Gasteiger partial charge in [-0.15, -0.1) is 0 Å². The summed E-state index contributed by atoms with van der Waals surface area (Å²) in [7, 11) is 0. The molecule has 1 aliphatic carbocycles. The van der Waals surface area contributed by atoms with Crippen LogP contribution in [0.5, 0.6) is 0 Å². The average molecular weight is 492 g/mol. The number of fused-ring (bicyclic) bond motifs is 2. The summed E-state index contributed by atoms with van der Waals surface area (Å²) in [4.78, 5) is 27.1. The van der Waals surface area contributed by atoms with Gasteiger partial charge in [0.2, 0.25) is 0 Å². The van der Waals surface area contributed by atoms with Crippen LogP contribution in [-0.2, 0) is 6.42 Å². The maximum Gasteiger partial charge on any atom is 0.253 e. The van der Waals surface area contributed by atoms with Crippen molar-refractivity contribution in [1.82, 2.24) is 25.2 Å². The lowest BCUT2D eigenvalue weighted by Gasteiger charge is -2.30. The van der Waals surface area contributed by atoms with Gasteiger partial charge in [0.25, 0.3) is 5.91 Å². The Morgan fingerprint density at radius 1 is 1.17 bits per heavy atom. The van der Waals surface area contributed by atoms with Crippen molar-refractivity contribution in [2.45, 2.75) is 30.8 Å². The van der Waals surface area contributed by atoms with Crippen molar-refractivity contribution in [2.24, 2.45) is 0 Å². The molecule has 1 amide bonds. The van der Waals surface area contributed by atoms with E-state index in [1.807, 2.05) is 41.4 Å². The number of likely N-dealkylation sites (tertiary alicyclic amines) is 1. The molecule has 1 aliphatic heterocycles. The molecule has 1 aromatic carbocycles. The molecule has 178 valence electrons. The number of carbonyl (C=O) groups is 1. The molecule has 1 fully saturated rings. The van der Waals surface area contributed by atoms with Gasteiger partial charge in [-0.05, 0) is 47.9 Å². The zero-order chi connectivity index (χ0) is 24.1. The van der Waals surface area contributed by atoms with Gasteiger partial charge in [-0.1, -0.05) is 23.7 Å². The van der Waals surface area contributed by atoms with Crippen molar-refractivity contribution < 1.29 is 14.3 Å². The fourth-order valence-electron chi connectivity index (χ4n) is 5.29. The predicted molar refractivity (Wildman–Crippen MR) is 131 cm³/mol. The highest BCUT2D eigenvalue weighted by Gasteiger charge is 2.43. The van der Waals surface area contributed by atoms with Crippen LogP contribution in [0.15, 0.2) is 61.1 Å². The predicted octanol–water partition coefficient (Wildman–Crippen LogP) is 3.69. The van der Waals surface area contributed by atoms with Gasteiger partial charge in [0.1, 0.15) is 11.8 Å². The monoisotopic (exact) mass is 491 g/mol. The number of nitrogens with one attached hydrogen (secondary N) is 2. The van der Waals surface area contributed by atoms with Crippen molar-refractivity contribution in [3.63, 3.8) is 0 Å². The number of aliphatic hydroxyl groups is 1. The molecule has 0 radical (unpaired) electrons. The third-order valence-electron chi connectivity index (χ3n) is 7.03. The van der Waals surface area contributed by atoms with Crippen molar-refractivity contribution in [2.75, 3.05) is 13.1 Å². The van der Waals surface area contributed by atoms with Crippen LogP contribution in [0, 0.1) is 0 Å². The molecule has 3 N–H and O–H groups in total. The van der Waals surface area contributed by atoms with Gasteiger partial charge in [-0.25, -0.2) is 9.37 Å². The molecule has 0 saturated carbocycles. The van der Waals surface area contributed by atoms with Crippen LogP contribution in [0.1, 0.15) is 27.5 Å². The summed E-state index contributed by atoms with van der Waals surface area (Å²) in [6.45, 7) is 0.346. The maximum atomic E-state index is 14.1. The van der Waals surface area contributed by atoms with Crippen molar-refractivity contribution in [1.29, 1.82) is 0 Å². The normalized spacial score (nSPS) is 24.1. The van der Waals surface area contributed by atoms with Gasteiger partial charge in [0.05, 0.1) is 23.4 Å². The first kappa shape index (κ1) is 22.2. The zero-order valence-corrected chi connectivity index (χ0v) is 19.4. The second-order valence-corrected chi connectivity index (χ2v) is 9.51. The second kappa shape index (κ2) is 8.71. The van der Waals surface area contributed by atoms with Crippen LogP contribution < -0.4 is 5.32 Å². The summed E-state index contributed by atoms with van der Waals surface area (Å²) < 4.78 is 14.1. The van der Waals surface area contributed by atoms with E-state index in [-0.39, 0.29) is 25.0 Å². The number of nitrogens with zero attached hydrogens (tertiary/aromatic N) is 3. The third kappa shape index (κ3) is 3.87. The number of halogens is 2. The Morgan fingerprint density at radius 3 is 2.83 bits per heavy atom. The Kier molecular flexibility index (Phi) is 5.51. The lowest BCUT2D eigenvalue weighted by molar-refractivity contribution is 0.0897. The summed E-state index contributed by atoms with van der Waals surface area (Å²) in [5.41, 5.74) is 4.72. The van der Waals surface area contributed by atoms with Crippen LogP contribution in [0.25, 0.3) is 22.3 Å². The van der Waals surface area contributed by atoms with Crippen LogP contribution in [0.3, 0.4) is 0 Å². The van der Waals surface area contributed by atoms with E-state index in [0.717, 1.165) is 33.4 Å². The van der Waals surface area contributed by atoms with Gasteiger partial charge in [-0.2, -0.15) is 0 Å². The molecule has 35 heavy (non-hydrogen) atoms. The fraction of sp³-hybridized carbons (Fsp3) is 0.269. The fourth-order valence-corrected chi connectivity index (χ4v) is 5.61. The third-order valence-corrected chi connectivity index (χ3v) is 7.36. The van der Waals surface area contributed by atoms with E-state index in [2.05, 4.69) is 20.3 Å². The topological polar surface area (TPSA) is 94.1 Å². The molecule has 2 aliphatic rings. The molecule has 9 heteroatoms. The van der Waals surface area contributed by atoms with Gasteiger partial charge >= 0.3 is 0 Å². The molecular formula is C26H23ClFN5O2. The molecule has 0 spiro atoms. The van der Waals surface area contributed by atoms with Gasteiger partial charge in [0, 0.05) is 53.7 Å².